The Morgan fingerprint density at radius 3 is 0.667 bits per heavy atom. The van der Waals surface area contributed by atoms with Crippen molar-refractivity contribution in [3.63, 3.8) is 0 Å². The summed E-state index contributed by atoms with van der Waals surface area (Å²) in [5.74, 6) is -0.981. The van der Waals surface area contributed by atoms with Gasteiger partial charge in [-0.15, -0.1) is 0 Å². The van der Waals surface area contributed by atoms with Crippen LogP contribution in [-0.2, 0) is 4.79 Å². The highest BCUT2D eigenvalue weighted by Crippen LogP contribution is 2.15. The molecule has 33 heavy (non-hydrogen) atoms. The molecule has 0 radical (unpaired) electrons. The average molecular weight is 467 g/mol. The Morgan fingerprint density at radius 2 is 0.576 bits per heavy atom. The average Bonchev–Trinajstić information content (AvgIpc) is 2.82. The molecular formula is C31H62O2. The number of carbonyl (C=O) groups is 1. The van der Waals surface area contributed by atoms with E-state index >= 15 is 0 Å². The van der Waals surface area contributed by atoms with Crippen LogP contribution in [0.1, 0.15) is 181 Å². The number of rotatable bonds is 26. The molecule has 0 atom stereocenters. The lowest BCUT2D eigenvalue weighted by atomic mass is 10.0. The van der Waals surface area contributed by atoms with E-state index in [4.69, 9.17) is 5.11 Å². The summed E-state index contributed by atoms with van der Waals surface area (Å²) in [4.78, 5) is 9.25. The second-order valence-electron chi connectivity index (χ2n) is 10.0. The smallest absolute Gasteiger partial charge is 0.327 e. The largest absolute Gasteiger partial charge is 0.478 e. The Labute approximate surface area is 209 Å². The molecule has 0 spiro atoms. The Balaban J connectivity index is 0. The van der Waals surface area contributed by atoms with Crippen LogP contribution in [0.5, 0.6) is 0 Å². The second kappa shape index (κ2) is 33.4. The van der Waals surface area contributed by atoms with Crippen LogP contribution in [0.25, 0.3) is 0 Å². The van der Waals surface area contributed by atoms with Gasteiger partial charge in [0.1, 0.15) is 0 Å². The van der Waals surface area contributed by atoms with Crippen molar-refractivity contribution < 1.29 is 9.90 Å². The van der Waals surface area contributed by atoms with Crippen molar-refractivity contribution in [3.05, 3.63) is 12.7 Å². The van der Waals surface area contributed by atoms with Gasteiger partial charge < -0.3 is 5.11 Å². The first-order valence-electron chi connectivity index (χ1n) is 15.0. The first-order valence-corrected chi connectivity index (χ1v) is 15.0. The summed E-state index contributed by atoms with van der Waals surface area (Å²) in [6, 6.07) is 0. The zero-order valence-electron chi connectivity index (χ0n) is 23.0. The molecule has 0 aromatic carbocycles. The van der Waals surface area contributed by atoms with Gasteiger partial charge >= 0.3 is 5.97 Å². The molecule has 0 unspecified atom stereocenters. The van der Waals surface area contributed by atoms with E-state index in [1.807, 2.05) is 0 Å². The van der Waals surface area contributed by atoms with Crippen molar-refractivity contribution in [2.75, 3.05) is 0 Å². The van der Waals surface area contributed by atoms with E-state index in [-0.39, 0.29) is 0 Å². The molecule has 0 aromatic rings. The van der Waals surface area contributed by atoms with Crippen LogP contribution >= 0.6 is 0 Å². The molecule has 0 heterocycles. The summed E-state index contributed by atoms with van der Waals surface area (Å²) in [5.41, 5.74) is 0. The third-order valence-electron chi connectivity index (χ3n) is 6.63. The third kappa shape index (κ3) is 38.8. The van der Waals surface area contributed by atoms with Crippen LogP contribution in [0, 0.1) is 0 Å². The minimum atomic E-state index is -0.981. The fourth-order valence-corrected chi connectivity index (χ4v) is 4.39. The highest BCUT2D eigenvalue weighted by Gasteiger charge is 1.96. The van der Waals surface area contributed by atoms with Crippen molar-refractivity contribution in [3.8, 4) is 0 Å². The number of unbranched alkanes of at least 4 members (excludes halogenated alkanes) is 25. The normalized spacial score (nSPS) is 10.6. The molecule has 0 fully saturated rings. The van der Waals surface area contributed by atoms with Crippen molar-refractivity contribution in [2.45, 2.75) is 181 Å². The lowest BCUT2D eigenvalue weighted by molar-refractivity contribution is -0.131. The van der Waals surface area contributed by atoms with Gasteiger partial charge in [-0.05, 0) is 0 Å². The molecule has 0 saturated heterocycles. The van der Waals surface area contributed by atoms with Gasteiger partial charge in [-0.3, -0.25) is 0 Å². The Hall–Kier alpha value is -0.790. The van der Waals surface area contributed by atoms with Gasteiger partial charge in [-0.2, -0.15) is 0 Å². The second-order valence-corrected chi connectivity index (χ2v) is 10.0. The minimum Gasteiger partial charge on any atom is -0.478 e. The molecule has 2 heteroatoms. The number of carboxylic acids is 1. The van der Waals surface area contributed by atoms with Crippen molar-refractivity contribution >= 4 is 5.97 Å². The van der Waals surface area contributed by atoms with Gasteiger partial charge in [0.25, 0.3) is 0 Å². The number of hydrogen-bond acceptors (Lipinski definition) is 1. The van der Waals surface area contributed by atoms with Gasteiger partial charge in [0.2, 0.25) is 0 Å². The number of carboxylic acid groups (broad SMARTS) is 1. The van der Waals surface area contributed by atoms with E-state index in [1.54, 1.807) is 0 Å². The summed E-state index contributed by atoms with van der Waals surface area (Å²) in [6.07, 6.45) is 39.2. The van der Waals surface area contributed by atoms with Gasteiger partial charge in [-0.1, -0.05) is 187 Å². The van der Waals surface area contributed by atoms with Gasteiger partial charge in [0.05, 0.1) is 0 Å². The summed E-state index contributed by atoms with van der Waals surface area (Å²) < 4.78 is 0. The van der Waals surface area contributed by atoms with E-state index in [1.165, 1.54) is 167 Å². The monoisotopic (exact) mass is 466 g/mol. The molecule has 0 bridgehead atoms. The first kappa shape index (κ1) is 34.4. The Kier molecular flexibility index (Phi) is 34.8. The van der Waals surface area contributed by atoms with Crippen LogP contribution in [0.3, 0.4) is 0 Å². The van der Waals surface area contributed by atoms with E-state index in [0.29, 0.717) is 0 Å². The molecule has 0 amide bonds. The maximum Gasteiger partial charge on any atom is 0.327 e. The lowest BCUT2D eigenvalue weighted by Gasteiger charge is -2.04. The predicted octanol–water partition coefficient (Wildman–Crippen LogP) is 11.4. The fourth-order valence-electron chi connectivity index (χ4n) is 4.39. The molecule has 0 aliphatic carbocycles. The SMILES string of the molecule is C=CC(=O)O.CCCCCCCCCCCCCCCCCCCCCCCCCCCC. The minimum absolute atomic E-state index is 0.833. The van der Waals surface area contributed by atoms with Crippen molar-refractivity contribution in [1.29, 1.82) is 0 Å². The van der Waals surface area contributed by atoms with Gasteiger partial charge in [0, 0.05) is 6.08 Å². The summed E-state index contributed by atoms with van der Waals surface area (Å²) >= 11 is 0. The van der Waals surface area contributed by atoms with Crippen LogP contribution in [-0.4, -0.2) is 11.1 Å². The molecule has 0 saturated carbocycles. The standard InChI is InChI=1S/C28H58.C3H4O2/c1-3-5-7-9-11-13-15-17-19-21-23-25-27-28-26-24-22-20-18-16-14-12-10-8-6-4-2;1-2-3(4)5/h3-28H2,1-2H3;2H,1H2,(H,4,5). The predicted molar refractivity (Wildman–Crippen MR) is 149 cm³/mol. The van der Waals surface area contributed by atoms with Gasteiger partial charge in [0.15, 0.2) is 0 Å². The van der Waals surface area contributed by atoms with Crippen molar-refractivity contribution in [2.24, 2.45) is 0 Å². The number of hydrogen-bond donors (Lipinski definition) is 1. The topological polar surface area (TPSA) is 37.3 Å². The Bertz CT molecular complexity index is 338. The molecule has 0 aliphatic heterocycles. The highest BCUT2D eigenvalue weighted by atomic mass is 16.4. The molecule has 0 aromatic heterocycles. The van der Waals surface area contributed by atoms with Crippen LogP contribution in [0.15, 0.2) is 12.7 Å². The summed E-state index contributed by atoms with van der Waals surface area (Å²) in [7, 11) is 0. The molecule has 2 nitrogen and oxygen atoms in total. The maximum absolute atomic E-state index is 9.25. The van der Waals surface area contributed by atoms with Crippen LogP contribution in [0.4, 0.5) is 0 Å². The van der Waals surface area contributed by atoms with E-state index in [2.05, 4.69) is 20.4 Å². The van der Waals surface area contributed by atoms with E-state index in [9.17, 15) is 4.79 Å². The quantitative estimate of drug-likeness (QED) is 0.102. The lowest BCUT2D eigenvalue weighted by Crippen LogP contribution is -1.84. The molecule has 0 aliphatic rings. The highest BCUT2D eigenvalue weighted by molar-refractivity contribution is 5.78. The number of aliphatic carboxylic acids is 1. The Morgan fingerprint density at radius 1 is 0.455 bits per heavy atom. The van der Waals surface area contributed by atoms with Crippen molar-refractivity contribution in [1.82, 2.24) is 0 Å². The molecule has 0 rings (SSSR count). The van der Waals surface area contributed by atoms with Crippen LogP contribution in [0.2, 0.25) is 0 Å². The zero-order chi connectivity index (χ0) is 24.7. The summed E-state index contributed by atoms with van der Waals surface area (Å²) in [5, 5.41) is 7.60. The maximum atomic E-state index is 9.25. The van der Waals surface area contributed by atoms with Crippen LogP contribution < -0.4 is 0 Å². The van der Waals surface area contributed by atoms with E-state index in [0.717, 1.165) is 6.08 Å². The fraction of sp³-hybridized carbons (Fsp3) is 0.903. The third-order valence-corrected chi connectivity index (χ3v) is 6.63. The molecule has 1 N–H and O–H groups in total. The molecular weight excluding hydrogens is 404 g/mol. The molecule has 198 valence electrons. The summed E-state index contributed by atoms with van der Waals surface area (Å²) in [6.45, 7) is 7.57. The van der Waals surface area contributed by atoms with Gasteiger partial charge in [-0.25, -0.2) is 4.79 Å². The van der Waals surface area contributed by atoms with E-state index < -0.39 is 5.97 Å². The zero-order valence-corrected chi connectivity index (χ0v) is 23.0. The first-order chi connectivity index (χ1) is 16.2.